The highest BCUT2D eigenvalue weighted by molar-refractivity contribution is 5.59. The number of aromatic amines is 1. The van der Waals surface area contributed by atoms with Gasteiger partial charge >= 0.3 is 0 Å². The van der Waals surface area contributed by atoms with E-state index in [0.29, 0.717) is 24.5 Å². The molecule has 8 nitrogen and oxygen atoms in total. The summed E-state index contributed by atoms with van der Waals surface area (Å²) in [7, 11) is 1.97. The SMILES string of the molecule is CN(CCCc1cc(-c2ccc(F)cc2)n[nH]1)Cc1cc([N+](=O)[O-])cc2c1OCOC2. The van der Waals surface area contributed by atoms with Gasteiger partial charge in [0.15, 0.2) is 6.79 Å². The number of hydrogen-bond acceptors (Lipinski definition) is 6. The lowest BCUT2D eigenvalue weighted by Gasteiger charge is -2.23. The van der Waals surface area contributed by atoms with Crippen LogP contribution in [-0.2, 0) is 24.3 Å². The van der Waals surface area contributed by atoms with Crippen LogP contribution in [-0.4, -0.2) is 40.4 Å². The summed E-state index contributed by atoms with van der Waals surface area (Å²) in [6.45, 7) is 1.79. The van der Waals surface area contributed by atoms with E-state index in [1.165, 1.54) is 18.2 Å². The van der Waals surface area contributed by atoms with Gasteiger partial charge in [-0.1, -0.05) is 0 Å². The monoisotopic (exact) mass is 426 g/mol. The predicted molar refractivity (Wildman–Crippen MR) is 112 cm³/mol. The lowest BCUT2D eigenvalue weighted by Crippen LogP contribution is -2.22. The topological polar surface area (TPSA) is 93.5 Å². The molecule has 1 aliphatic heterocycles. The first-order valence-corrected chi connectivity index (χ1v) is 9.99. The zero-order valence-corrected chi connectivity index (χ0v) is 17.1. The molecule has 0 radical (unpaired) electrons. The molecule has 1 aromatic heterocycles. The van der Waals surface area contributed by atoms with Gasteiger partial charge in [-0.25, -0.2) is 4.39 Å². The Hall–Kier alpha value is -3.30. The van der Waals surface area contributed by atoms with Gasteiger partial charge in [0.05, 0.1) is 17.2 Å². The Morgan fingerprint density at radius 2 is 2.06 bits per heavy atom. The molecule has 0 atom stereocenters. The standard InChI is InChI=1S/C22H23FN4O4/c1-26(12-16-9-20(27(28)29)10-17-13-30-14-31-22(16)17)8-2-3-19-11-21(25-24-19)15-4-6-18(23)7-5-15/h4-7,9-11H,2-3,8,12-14H2,1H3,(H,24,25). The Morgan fingerprint density at radius 3 is 2.84 bits per heavy atom. The van der Waals surface area contributed by atoms with Crippen LogP contribution in [0.1, 0.15) is 23.2 Å². The normalized spacial score (nSPS) is 13.1. The fraction of sp³-hybridized carbons (Fsp3) is 0.318. The maximum atomic E-state index is 13.1. The molecule has 0 saturated heterocycles. The van der Waals surface area contributed by atoms with Crippen molar-refractivity contribution in [1.82, 2.24) is 15.1 Å². The lowest BCUT2D eigenvalue weighted by atomic mass is 10.1. The average Bonchev–Trinajstić information content (AvgIpc) is 3.23. The lowest BCUT2D eigenvalue weighted by molar-refractivity contribution is -0.385. The summed E-state index contributed by atoms with van der Waals surface area (Å²) in [4.78, 5) is 13.0. The summed E-state index contributed by atoms with van der Waals surface area (Å²) in [5.41, 5.74) is 4.18. The number of nitro groups is 1. The van der Waals surface area contributed by atoms with Crippen LogP contribution in [0.15, 0.2) is 42.5 Å². The number of benzene rings is 2. The van der Waals surface area contributed by atoms with Gasteiger partial charge in [0.25, 0.3) is 5.69 Å². The molecule has 31 heavy (non-hydrogen) atoms. The van der Waals surface area contributed by atoms with Crippen molar-refractivity contribution >= 4 is 5.69 Å². The van der Waals surface area contributed by atoms with E-state index in [1.54, 1.807) is 18.2 Å². The maximum absolute atomic E-state index is 13.1. The molecule has 162 valence electrons. The Kier molecular flexibility index (Phi) is 6.24. The molecule has 0 fully saturated rings. The number of non-ortho nitro benzene ring substituents is 1. The number of aromatic nitrogens is 2. The van der Waals surface area contributed by atoms with Crippen molar-refractivity contribution in [2.75, 3.05) is 20.4 Å². The molecule has 4 rings (SSSR count). The van der Waals surface area contributed by atoms with Crippen LogP contribution < -0.4 is 4.74 Å². The van der Waals surface area contributed by atoms with Crippen LogP contribution in [0.4, 0.5) is 10.1 Å². The molecule has 2 heterocycles. The smallest absolute Gasteiger partial charge is 0.270 e. The van der Waals surface area contributed by atoms with Crippen molar-refractivity contribution in [3.8, 4) is 17.0 Å². The zero-order valence-electron chi connectivity index (χ0n) is 17.1. The molecule has 1 aliphatic rings. The fourth-order valence-electron chi connectivity index (χ4n) is 3.67. The Balaban J connectivity index is 1.35. The van der Waals surface area contributed by atoms with Crippen molar-refractivity contribution in [1.29, 1.82) is 0 Å². The molecule has 0 bridgehead atoms. The Labute approximate surface area is 178 Å². The van der Waals surface area contributed by atoms with Crippen molar-refractivity contribution < 1.29 is 18.8 Å². The number of aryl methyl sites for hydroxylation is 1. The van der Waals surface area contributed by atoms with E-state index in [2.05, 4.69) is 15.1 Å². The van der Waals surface area contributed by atoms with E-state index in [4.69, 9.17) is 9.47 Å². The largest absolute Gasteiger partial charge is 0.467 e. The summed E-state index contributed by atoms with van der Waals surface area (Å²) >= 11 is 0. The van der Waals surface area contributed by atoms with Gasteiger partial charge in [-0.15, -0.1) is 0 Å². The van der Waals surface area contributed by atoms with Crippen molar-refractivity contribution in [3.05, 3.63) is 75.2 Å². The zero-order chi connectivity index (χ0) is 21.8. The van der Waals surface area contributed by atoms with Crippen LogP contribution >= 0.6 is 0 Å². The minimum atomic E-state index is -0.394. The summed E-state index contributed by atoms with van der Waals surface area (Å²) in [5.74, 6) is 0.409. The van der Waals surface area contributed by atoms with Gasteiger partial charge in [-0.05, 0) is 56.8 Å². The first-order valence-electron chi connectivity index (χ1n) is 9.99. The third kappa shape index (κ3) is 5.07. The quantitative estimate of drug-likeness (QED) is 0.431. The van der Waals surface area contributed by atoms with Gasteiger partial charge in [0.2, 0.25) is 0 Å². The van der Waals surface area contributed by atoms with Crippen LogP contribution in [0.3, 0.4) is 0 Å². The summed E-state index contributed by atoms with van der Waals surface area (Å²) in [6.07, 6.45) is 1.68. The molecule has 0 spiro atoms. The van der Waals surface area contributed by atoms with Gasteiger partial charge in [0.1, 0.15) is 11.6 Å². The first-order chi connectivity index (χ1) is 15.0. The van der Waals surface area contributed by atoms with Crippen molar-refractivity contribution in [2.45, 2.75) is 26.0 Å². The molecule has 2 aromatic carbocycles. The van der Waals surface area contributed by atoms with E-state index in [1.807, 2.05) is 13.1 Å². The second kappa shape index (κ2) is 9.23. The number of nitrogens with zero attached hydrogens (tertiary/aromatic N) is 3. The predicted octanol–water partition coefficient (Wildman–Crippen LogP) is 4.06. The van der Waals surface area contributed by atoms with E-state index in [9.17, 15) is 14.5 Å². The minimum Gasteiger partial charge on any atom is -0.467 e. The number of nitro benzene ring substituents is 1. The van der Waals surface area contributed by atoms with Crippen molar-refractivity contribution in [2.24, 2.45) is 0 Å². The molecule has 9 heteroatoms. The summed E-state index contributed by atoms with van der Waals surface area (Å²) < 4.78 is 23.9. The first kappa shape index (κ1) is 21.0. The fourth-order valence-corrected chi connectivity index (χ4v) is 3.67. The maximum Gasteiger partial charge on any atom is 0.270 e. The van der Waals surface area contributed by atoms with Crippen LogP contribution in [0.2, 0.25) is 0 Å². The number of hydrogen-bond donors (Lipinski definition) is 1. The molecule has 0 aliphatic carbocycles. The molecule has 1 N–H and O–H groups in total. The van der Waals surface area contributed by atoms with Crippen molar-refractivity contribution in [3.63, 3.8) is 0 Å². The number of fused-ring (bicyclic) bond motifs is 1. The van der Waals surface area contributed by atoms with Gasteiger partial charge < -0.3 is 14.4 Å². The van der Waals surface area contributed by atoms with Gasteiger partial charge in [-0.3, -0.25) is 15.2 Å². The highest BCUT2D eigenvalue weighted by Crippen LogP contribution is 2.33. The third-order valence-electron chi connectivity index (χ3n) is 5.18. The van der Waals surface area contributed by atoms with Crippen LogP contribution in [0, 0.1) is 15.9 Å². The second-order valence-electron chi connectivity index (χ2n) is 7.59. The number of rotatable bonds is 8. The van der Waals surface area contributed by atoms with Crippen LogP contribution in [0.5, 0.6) is 5.75 Å². The van der Waals surface area contributed by atoms with Crippen LogP contribution in [0.25, 0.3) is 11.3 Å². The van der Waals surface area contributed by atoms with Gasteiger partial charge in [-0.2, -0.15) is 5.10 Å². The second-order valence-corrected chi connectivity index (χ2v) is 7.59. The minimum absolute atomic E-state index is 0.0435. The molecular formula is C22H23FN4O4. The number of H-pyrrole nitrogens is 1. The van der Waals surface area contributed by atoms with E-state index in [-0.39, 0.29) is 18.3 Å². The highest BCUT2D eigenvalue weighted by atomic mass is 19.1. The Bertz CT molecular complexity index is 1070. The number of nitrogens with one attached hydrogen (secondary N) is 1. The van der Waals surface area contributed by atoms with Gasteiger partial charge in [0, 0.05) is 41.1 Å². The summed E-state index contributed by atoms with van der Waals surface area (Å²) in [5, 5.41) is 18.6. The van der Waals surface area contributed by atoms with E-state index in [0.717, 1.165) is 41.9 Å². The molecule has 0 unspecified atom stereocenters. The molecule has 0 saturated carbocycles. The molecular weight excluding hydrogens is 403 g/mol. The average molecular weight is 426 g/mol. The molecule has 3 aromatic rings. The highest BCUT2D eigenvalue weighted by Gasteiger charge is 2.21. The molecule has 0 amide bonds. The summed E-state index contributed by atoms with van der Waals surface area (Å²) in [6, 6.07) is 11.3. The number of ether oxygens (including phenoxy) is 2. The van der Waals surface area contributed by atoms with E-state index >= 15 is 0 Å². The Morgan fingerprint density at radius 1 is 1.26 bits per heavy atom. The van der Waals surface area contributed by atoms with E-state index < -0.39 is 4.92 Å². The number of halogens is 1. The third-order valence-corrected chi connectivity index (χ3v) is 5.18.